The van der Waals surface area contributed by atoms with Crippen molar-refractivity contribution in [1.29, 1.82) is 5.26 Å². The van der Waals surface area contributed by atoms with Crippen LogP contribution in [0.4, 0.5) is 0 Å². The van der Waals surface area contributed by atoms with E-state index >= 15 is 0 Å². The Kier molecular flexibility index (Phi) is 4.68. The number of carboxylic acids is 1. The van der Waals surface area contributed by atoms with Gasteiger partial charge in [0.15, 0.2) is 0 Å². The number of hydrogen-bond acceptors (Lipinski definition) is 5. The molecule has 0 bridgehead atoms. The van der Waals surface area contributed by atoms with Crippen LogP contribution in [0.25, 0.3) is 0 Å². The molecule has 0 unspecified atom stereocenters. The van der Waals surface area contributed by atoms with E-state index in [0.29, 0.717) is 12.8 Å². The molecule has 20 heavy (non-hydrogen) atoms. The zero-order chi connectivity index (χ0) is 14.6. The van der Waals surface area contributed by atoms with E-state index in [1.54, 1.807) is 11.4 Å². The van der Waals surface area contributed by atoms with E-state index in [1.807, 2.05) is 0 Å². The Labute approximate surface area is 125 Å². The van der Waals surface area contributed by atoms with Crippen LogP contribution in [-0.4, -0.2) is 28.3 Å². The van der Waals surface area contributed by atoms with E-state index < -0.39 is 11.5 Å². The van der Waals surface area contributed by atoms with Crippen molar-refractivity contribution in [3.8, 4) is 6.07 Å². The van der Waals surface area contributed by atoms with Crippen molar-refractivity contribution in [1.82, 2.24) is 5.32 Å². The Balaban J connectivity index is 1.86. The number of rotatable bonds is 5. The molecule has 0 radical (unpaired) electrons. The number of thiophene rings is 1. The van der Waals surface area contributed by atoms with Gasteiger partial charge in [0.05, 0.1) is 11.8 Å². The third-order valence-corrected chi connectivity index (χ3v) is 5.25. The van der Waals surface area contributed by atoms with Gasteiger partial charge in [0.2, 0.25) is 5.91 Å². The van der Waals surface area contributed by atoms with Gasteiger partial charge in [-0.25, -0.2) is 4.79 Å². The number of nitrogens with zero attached hydrogens (tertiary/aromatic N) is 1. The number of nitrogens with one attached hydrogen (secondary N) is 1. The van der Waals surface area contributed by atoms with Gasteiger partial charge < -0.3 is 10.4 Å². The monoisotopic (exact) mass is 310 g/mol. The second-order valence-corrected chi connectivity index (χ2v) is 6.65. The fourth-order valence-electron chi connectivity index (χ4n) is 2.20. The molecule has 106 valence electrons. The van der Waals surface area contributed by atoms with Crippen LogP contribution in [0.5, 0.6) is 0 Å². The number of carbonyl (C=O) groups excluding carboxylic acids is 1. The molecule has 0 spiro atoms. The molecule has 0 atom stereocenters. The predicted octanol–water partition coefficient (Wildman–Crippen LogP) is 2.49. The third kappa shape index (κ3) is 3.52. The van der Waals surface area contributed by atoms with Crippen molar-refractivity contribution in [2.45, 2.75) is 36.1 Å². The average Bonchev–Trinajstić information content (AvgIpc) is 3.06. The van der Waals surface area contributed by atoms with Gasteiger partial charge in [0, 0.05) is 10.3 Å². The molecule has 1 aliphatic carbocycles. The molecular formula is C13H14N2O3S2. The molecule has 2 rings (SSSR count). The quantitative estimate of drug-likeness (QED) is 0.815. The summed E-state index contributed by atoms with van der Waals surface area (Å²) in [6.07, 6.45) is 3.35. The standard InChI is InChI=1S/C13H14N2O3S2/c14-8-13(3-1-2-4-13)15-11(16)7-19-9-5-10(12(17)18)20-6-9/h5-6H,1-4,7H2,(H,15,16)(H,17,18). The van der Waals surface area contributed by atoms with Gasteiger partial charge >= 0.3 is 5.97 Å². The predicted molar refractivity (Wildman–Crippen MR) is 77.0 cm³/mol. The van der Waals surface area contributed by atoms with Crippen molar-refractivity contribution in [3.63, 3.8) is 0 Å². The molecule has 1 saturated carbocycles. The summed E-state index contributed by atoms with van der Waals surface area (Å²) < 4.78 is 0. The number of nitriles is 1. The molecule has 5 nitrogen and oxygen atoms in total. The van der Waals surface area contributed by atoms with Crippen LogP contribution >= 0.6 is 23.1 Å². The minimum atomic E-state index is -0.958. The lowest BCUT2D eigenvalue weighted by atomic mass is 10.0. The van der Waals surface area contributed by atoms with Gasteiger partial charge in [-0.2, -0.15) is 5.26 Å². The number of carbonyl (C=O) groups is 2. The van der Waals surface area contributed by atoms with E-state index in [4.69, 9.17) is 5.11 Å². The molecule has 1 heterocycles. The molecular weight excluding hydrogens is 296 g/mol. The maximum atomic E-state index is 11.9. The summed E-state index contributed by atoms with van der Waals surface area (Å²) in [4.78, 5) is 23.7. The van der Waals surface area contributed by atoms with Crippen molar-refractivity contribution in [3.05, 3.63) is 16.3 Å². The molecule has 0 saturated heterocycles. The van der Waals surface area contributed by atoms with E-state index in [0.717, 1.165) is 29.1 Å². The fraction of sp³-hybridized carbons (Fsp3) is 0.462. The number of carboxylic acid groups (broad SMARTS) is 1. The first-order chi connectivity index (χ1) is 9.54. The normalized spacial score (nSPS) is 16.6. The second kappa shape index (κ2) is 6.29. The van der Waals surface area contributed by atoms with Crippen LogP contribution in [-0.2, 0) is 4.79 Å². The zero-order valence-electron chi connectivity index (χ0n) is 10.7. The first kappa shape index (κ1) is 14.9. The third-order valence-electron chi connectivity index (χ3n) is 3.21. The Bertz CT molecular complexity index is 556. The lowest BCUT2D eigenvalue weighted by molar-refractivity contribution is -0.119. The Morgan fingerprint density at radius 2 is 2.20 bits per heavy atom. The molecule has 0 aliphatic heterocycles. The van der Waals surface area contributed by atoms with Crippen molar-refractivity contribution in [2.24, 2.45) is 0 Å². The summed E-state index contributed by atoms with van der Waals surface area (Å²) >= 11 is 2.43. The summed E-state index contributed by atoms with van der Waals surface area (Å²) in [5.74, 6) is -0.943. The maximum absolute atomic E-state index is 11.9. The van der Waals surface area contributed by atoms with Crippen LogP contribution < -0.4 is 5.32 Å². The topological polar surface area (TPSA) is 90.2 Å². The van der Waals surface area contributed by atoms with Crippen LogP contribution in [0, 0.1) is 11.3 Å². The van der Waals surface area contributed by atoms with Crippen molar-refractivity contribution < 1.29 is 14.7 Å². The minimum Gasteiger partial charge on any atom is -0.477 e. The lowest BCUT2D eigenvalue weighted by Gasteiger charge is -2.21. The number of amides is 1. The highest BCUT2D eigenvalue weighted by Gasteiger charge is 2.35. The first-order valence-corrected chi connectivity index (χ1v) is 8.08. The summed E-state index contributed by atoms with van der Waals surface area (Å²) in [6.45, 7) is 0. The Hall–Kier alpha value is -1.52. The molecule has 1 aromatic heterocycles. The molecule has 1 aromatic rings. The molecule has 0 aromatic carbocycles. The molecule has 7 heteroatoms. The largest absolute Gasteiger partial charge is 0.477 e. The highest BCUT2D eigenvalue weighted by Crippen LogP contribution is 2.29. The molecule has 1 aliphatic rings. The van der Waals surface area contributed by atoms with Gasteiger partial charge in [0.1, 0.15) is 10.4 Å². The van der Waals surface area contributed by atoms with Crippen LogP contribution in [0.2, 0.25) is 0 Å². The van der Waals surface area contributed by atoms with E-state index in [1.165, 1.54) is 11.8 Å². The number of hydrogen-bond donors (Lipinski definition) is 2. The number of thioether (sulfide) groups is 1. The summed E-state index contributed by atoms with van der Waals surface area (Å²) in [5, 5.41) is 22.5. The second-order valence-electron chi connectivity index (χ2n) is 4.69. The van der Waals surface area contributed by atoms with E-state index in [-0.39, 0.29) is 16.5 Å². The molecule has 1 fully saturated rings. The van der Waals surface area contributed by atoms with Gasteiger partial charge in [-0.3, -0.25) is 4.79 Å². The van der Waals surface area contributed by atoms with E-state index in [9.17, 15) is 14.9 Å². The van der Waals surface area contributed by atoms with Crippen molar-refractivity contribution >= 4 is 35.0 Å². The fourth-order valence-corrected chi connectivity index (χ4v) is 3.87. The van der Waals surface area contributed by atoms with Crippen LogP contribution in [0.15, 0.2) is 16.3 Å². The molecule has 2 N–H and O–H groups in total. The highest BCUT2D eigenvalue weighted by atomic mass is 32.2. The Morgan fingerprint density at radius 1 is 1.50 bits per heavy atom. The van der Waals surface area contributed by atoms with Gasteiger partial charge in [0.25, 0.3) is 0 Å². The highest BCUT2D eigenvalue weighted by molar-refractivity contribution is 8.00. The molecule has 1 amide bonds. The van der Waals surface area contributed by atoms with Gasteiger partial charge in [-0.15, -0.1) is 23.1 Å². The van der Waals surface area contributed by atoms with E-state index in [2.05, 4.69) is 11.4 Å². The maximum Gasteiger partial charge on any atom is 0.345 e. The number of aromatic carboxylic acids is 1. The smallest absolute Gasteiger partial charge is 0.345 e. The van der Waals surface area contributed by atoms with Crippen LogP contribution in [0.1, 0.15) is 35.4 Å². The van der Waals surface area contributed by atoms with Gasteiger partial charge in [-0.05, 0) is 31.7 Å². The van der Waals surface area contributed by atoms with Crippen LogP contribution in [0.3, 0.4) is 0 Å². The Morgan fingerprint density at radius 3 is 2.75 bits per heavy atom. The zero-order valence-corrected chi connectivity index (χ0v) is 12.4. The summed E-state index contributed by atoms with van der Waals surface area (Å²) in [6, 6.07) is 3.76. The first-order valence-electron chi connectivity index (χ1n) is 6.21. The van der Waals surface area contributed by atoms with Gasteiger partial charge in [-0.1, -0.05) is 0 Å². The van der Waals surface area contributed by atoms with Crippen molar-refractivity contribution in [2.75, 3.05) is 5.75 Å². The summed E-state index contributed by atoms with van der Waals surface area (Å²) in [7, 11) is 0. The average molecular weight is 310 g/mol. The SMILES string of the molecule is N#CC1(NC(=O)CSc2csc(C(=O)O)c2)CCCC1. The minimum absolute atomic E-state index is 0.179. The summed E-state index contributed by atoms with van der Waals surface area (Å²) in [5.41, 5.74) is -0.696. The lowest BCUT2D eigenvalue weighted by Crippen LogP contribution is -2.45.